The van der Waals surface area contributed by atoms with Gasteiger partial charge in [0.25, 0.3) is 0 Å². The van der Waals surface area contributed by atoms with E-state index < -0.39 is 0 Å². The molecule has 3 rings (SSSR count). The molecule has 6 nitrogen and oxygen atoms in total. The third-order valence-electron chi connectivity index (χ3n) is 5.64. The number of carbonyl (C=O) groups is 2. The van der Waals surface area contributed by atoms with Gasteiger partial charge in [-0.1, -0.05) is 12.8 Å². The van der Waals surface area contributed by atoms with Crippen molar-refractivity contribution in [3.05, 3.63) is 17.5 Å². The van der Waals surface area contributed by atoms with E-state index in [-0.39, 0.29) is 29.8 Å². The third kappa shape index (κ3) is 4.05. The molecular formula is C19H30N4O2. The van der Waals surface area contributed by atoms with E-state index in [1.54, 1.807) is 0 Å². The van der Waals surface area contributed by atoms with Crippen LogP contribution in [0.15, 0.2) is 6.07 Å². The van der Waals surface area contributed by atoms with Crippen molar-refractivity contribution in [2.75, 3.05) is 6.54 Å². The molecule has 1 saturated heterocycles. The number of aromatic nitrogens is 2. The van der Waals surface area contributed by atoms with Gasteiger partial charge in [0.05, 0.1) is 18.3 Å². The van der Waals surface area contributed by atoms with Crippen molar-refractivity contribution < 1.29 is 9.59 Å². The second kappa shape index (κ2) is 7.58. The number of carbonyl (C=O) groups excluding carboxylic acids is 2. The Balaban J connectivity index is 1.73. The van der Waals surface area contributed by atoms with E-state index in [0.29, 0.717) is 0 Å². The van der Waals surface area contributed by atoms with E-state index >= 15 is 0 Å². The summed E-state index contributed by atoms with van der Waals surface area (Å²) in [6.07, 6.45) is 6.40. The van der Waals surface area contributed by atoms with Gasteiger partial charge in [0.15, 0.2) is 0 Å². The molecule has 25 heavy (non-hydrogen) atoms. The lowest BCUT2D eigenvalue weighted by molar-refractivity contribution is -0.138. The molecule has 0 aromatic carbocycles. The fourth-order valence-corrected chi connectivity index (χ4v) is 4.44. The van der Waals surface area contributed by atoms with E-state index in [2.05, 4.69) is 23.4 Å². The van der Waals surface area contributed by atoms with Crippen LogP contribution >= 0.6 is 0 Å². The smallest absolute Gasteiger partial charge is 0.245 e. The predicted molar refractivity (Wildman–Crippen MR) is 96.0 cm³/mol. The molecule has 0 radical (unpaired) electrons. The second-order valence-electron chi connectivity index (χ2n) is 7.66. The Labute approximate surface area is 149 Å². The van der Waals surface area contributed by atoms with Gasteiger partial charge in [0.1, 0.15) is 6.04 Å². The highest BCUT2D eigenvalue weighted by molar-refractivity contribution is 5.87. The average Bonchev–Trinajstić information content (AvgIpc) is 3.27. The molecule has 1 N–H and O–H groups in total. The number of nitrogens with one attached hydrogen (secondary N) is 1. The van der Waals surface area contributed by atoms with Gasteiger partial charge in [-0.2, -0.15) is 5.10 Å². The summed E-state index contributed by atoms with van der Waals surface area (Å²) in [7, 11) is 0. The molecule has 138 valence electrons. The molecular weight excluding hydrogens is 316 g/mol. The van der Waals surface area contributed by atoms with Gasteiger partial charge in [-0.25, -0.2) is 0 Å². The molecule has 6 heteroatoms. The van der Waals surface area contributed by atoms with Crippen LogP contribution in [-0.2, 0) is 16.1 Å². The summed E-state index contributed by atoms with van der Waals surface area (Å²) in [5.74, 6) is 0.275. The molecule has 0 unspecified atom stereocenters. The lowest BCUT2D eigenvalue weighted by Gasteiger charge is -2.32. The van der Waals surface area contributed by atoms with Gasteiger partial charge in [-0.05, 0) is 51.5 Å². The Morgan fingerprint density at radius 1 is 1.24 bits per heavy atom. The number of rotatable bonds is 5. The van der Waals surface area contributed by atoms with Crippen LogP contribution in [0.1, 0.15) is 56.8 Å². The van der Waals surface area contributed by atoms with E-state index in [9.17, 15) is 9.59 Å². The third-order valence-corrected chi connectivity index (χ3v) is 5.64. The standard InChI is InChI=1S/C19H30N4O2/c1-13-11-14(2)23(21-13)12-17-9-6-10-22(17)19(25)18(20-15(3)24)16-7-4-5-8-16/h11,16-18H,4-10,12H2,1-3H3,(H,20,24)/t17-,18+/m1/s1. The van der Waals surface area contributed by atoms with Crippen molar-refractivity contribution in [3.8, 4) is 0 Å². The Morgan fingerprint density at radius 2 is 1.96 bits per heavy atom. The first-order valence-electron chi connectivity index (χ1n) is 9.54. The summed E-state index contributed by atoms with van der Waals surface area (Å²) in [5.41, 5.74) is 2.14. The van der Waals surface area contributed by atoms with E-state index in [0.717, 1.165) is 63.0 Å². The zero-order valence-electron chi connectivity index (χ0n) is 15.6. The molecule has 2 heterocycles. The first kappa shape index (κ1) is 18.0. The van der Waals surface area contributed by atoms with Gasteiger partial charge < -0.3 is 10.2 Å². The van der Waals surface area contributed by atoms with Crippen LogP contribution in [0.5, 0.6) is 0 Å². The molecule has 1 aromatic rings. The maximum atomic E-state index is 13.2. The van der Waals surface area contributed by atoms with Crippen molar-refractivity contribution in [1.29, 1.82) is 0 Å². The summed E-state index contributed by atoms with van der Waals surface area (Å²) >= 11 is 0. The van der Waals surface area contributed by atoms with E-state index in [1.165, 1.54) is 6.92 Å². The Kier molecular flexibility index (Phi) is 5.45. The summed E-state index contributed by atoms with van der Waals surface area (Å²) in [4.78, 5) is 26.9. The van der Waals surface area contributed by atoms with Gasteiger partial charge in [-0.15, -0.1) is 0 Å². The predicted octanol–water partition coefficient (Wildman–Crippen LogP) is 2.19. The van der Waals surface area contributed by atoms with Crippen LogP contribution in [0.2, 0.25) is 0 Å². The number of hydrogen-bond donors (Lipinski definition) is 1. The largest absolute Gasteiger partial charge is 0.344 e. The number of likely N-dealkylation sites (tertiary alicyclic amines) is 1. The summed E-state index contributed by atoms with van der Waals surface area (Å²) in [5, 5.41) is 7.49. The van der Waals surface area contributed by atoms with Crippen molar-refractivity contribution >= 4 is 11.8 Å². The van der Waals surface area contributed by atoms with Crippen molar-refractivity contribution in [2.45, 2.75) is 77.9 Å². The highest BCUT2D eigenvalue weighted by Crippen LogP contribution is 2.30. The summed E-state index contributed by atoms with van der Waals surface area (Å²) < 4.78 is 2.01. The Morgan fingerprint density at radius 3 is 2.56 bits per heavy atom. The zero-order chi connectivity index (χ0) is 18.0. The molecule has 2 amide bonds. The molecule has 2 aliphatic rings. The highest BCUT2D eigenvalue weighted by Gasteiger charge is 2.38. The molecule has 0 spiro atoms. The van der Waals surface area contributed by atoms with E-state index in [1.807, 2.05) is 16.5 Å². The first-order valence-corrected chi connectivity index (χ1v) is 9.54. The van der Waals surface area contributed by atoms with Crippen molar-refractivity contribution in [1.82, 2.24) is 20.0 Å². The Hall–Kier alpha value is -1.85. The molecule has 1 aromatic heterocycles. The van der Waals surface area contributed by atoms with Crippen molar-refractivity contribution in [2.24, 2.45) is 5.92 Å². The number of hydrogen-bond acceptors (Lipinski definition) is 3. The van der Waals surface area contributed by atoms with Crippen LogP contribution in [0, 0.1) is 19.8 Å². The number of nitrogens with zero attached hydrogens (tertiary/aromatic N) is 3. The average molecular weight is 346 g/mol. The number of amides is 2. The number of aryl methyl sites for hydroxylation is 2. The topological polar surface area (TPSA) is 67.2 Å². The first-order chi connectivity index (χ1) is 12.0. The Bertz CT molecular complexity index is 633. The summed E-state index contributed by atoms with van der Waals surface area (Å²) in [6, 6.07) is 1.88. The molecule has 1 saturated carbocycles. The quantitative estimate of drug-likeness (QED) is 0.889. The molecule has 2 atom stereocenters. The second-order valence-corrected chi connectivity index (χ2v) is 7.66. The maximum absolute atomic E-state index is 13.2. The maximum Gasteiger partial charge on any atom is 0.245 e. The van der Waals surface area contributed by atoms with Gasteiger partial charge >= 0.3 is 0 Å². The minimum absolute atomic E-state index is 0.103. The molecule has 1 aliphatic heterocycles. The van der Waals surface area contributed by atoms with Crippen molar-refractivity contribution in [3.63, 3.8) is 0 Å². The van der Waals surface area contributed by atoms with Crippen LogP contribution in [-0.4, -0.2) is 45.1 Å². The minimum Gasteiger partial charge on any atom is -0.344 e. The van der Waals surface area contributed by atoms with Crippen LogP contribution in [0.4, 0.5) is 0 Å². The van der Waals surface area contributed by atoms with Gasteiger partial charge in [0, 0.05) is 19.2 Å². The van der Waals surface area contributed by atoms with Crippen LogP contribution < -0.4 is 5.32 Å². The normalized spacial score (nSPS) is 22.4. The van der Waals surface area contributed by atoms with Gasteiger partial charge in [-0.3, -0.25) is 14.3 Å². The molecule has 0 bridgehead atoms. The van der Waals surface area contributed by atoms with Crippen LogP contribution in [0.25, 0.3) is 0 Å². The minimum atomic E-state index is -0.360. The monoisotopic (exact) mass is 346 g/mol. The van der Waals surface area contributed by atoms with Gasteiger partial charge in [0.2, 0.25) is 11.8 Å². The fourth-order valence-electron chi connectivity index (χ4n) is 4.44. The molecule has 1 aliphatic carbocycles. The SMILES string of the molecule is CC(=O)N[C@H](C(=O)N1CCC[C@@H]1Cn1nc(C)cc1C)C1CCCC1. The fraction of sp³-hybridized carbons (Fsp3) is 0.737. The lowest BCUT2D eigenvalue weighted by Crippen LogP contribution is -2.53. The van der Waals surface area contributed by atoms with Crippen LogP contribution in [0.3, 0.4) is 0 Å². The molecule has 2 fully saturated rings. The van der Waals surface area contributed by atoms with E-state index in [4.69, 9.17) is 0 Å². The highest BCUT2D eigenvalue weighted by atomic mass is 16.2. The zero-order valence-corrected chi connectivity index (χ0v) is 15.6. The summed E-state index contributed by atoms with van der Waals surface area (Å²) in [6.45, 7) is 7.08. The lowest BCUT2D eigenvalue weighted by atomic mass is 9.96.